The van der Waals surface area contributed by atoms with Gasteiger partial charge in [0, 0.05) is 5.02 Å². The van der Waals surface area contributed by atoms with Gasteiger partial charge < -0.3 is 0 Å². The summed E-state index contributed by atoms with van der Waals surface area (Å²) in [6, 6.07) is 30.3. The van der Waals surface area contributed by atoms with E-state index in [0.29, 0.717) is 33.7 Å². The fraction of sp³-hybridized carbons (Fsp3) is 0.212. The summed E-state index contributed by atoms with van der Waals surface area (Å²) in [6.45, 7) is 6.38. The van der Waals surface area contributed by atoms with Crippen LogP contribution in [0, 0.1) is 12.8 Å². The Hall–Kier alpha value is -3.78. The number of nitrogens with zero attached hydrogens (tertiary/aromatic N) is 2. The summed E-state index contributed by atoms with van der Waals surface area (Å²) in [4.78, 5) is 14.1. The van der Waals surface area contributed by atoms with Gasteiger partial charge in [-0.15, -0.1) is 0 Å². The molecule has 41 heavy (non-hydrogen) atoms. The zero-order valence-corrected chi connectivity index (χ0v) is 24.8. The van der Waals surface area contributed by atoms with Crippen LogP contribution in [0.3, 0.4) is 0 Å². The summed E-state index contributed by atoms with van der Waals surface area (Å²) < 4.78 is 18.3. The predicted molar refractivity (Wildman–Crippen MR) is 167 cm³/mol. The summed E-state index contributed by atoms with van der Waals surface area (Å²) >= 11 is 4.33. The molecule has 0 spiro atoms. The number of carbonyl (C=O) groups is 1. The third-order valence-corrected chi connectivity index (χ3v) is 8.49. The van der Waals surface area contributed by atoms with Crippen molar-refractivity contribution in [1.29, 1.82) is 0 Å². The van der Waals surface area contributed by atoms with E-state index in [2.05, 4.69) is 19.3 Å². The second kappa shape index (κ2) is 12.8. The average molecular weight is 586 g/mol. The Morgan fingerprint density at radius 1 is 0.951 bits per heavy atom. The molecule has 0 bridgehead atoms. The number of aryl methyl sites for hydroxylation is 1. The lowest BCUT2D eigenvalue weighted by Crippen LogP contribution is -2.29. The number of amides is 1. The van der Waals surface area contributed by atoms with Gasteiger partial charge in [0.15, 0.2) is 0 Å². The molecule has 0 radical (unpaired) electrons. The molecular formula is C33H32ClN3O3S. The lowest BCUT2D eigenvalue weighted by atomic mass is 9.90. The molecule has 1 aliphatic heterocycles. The van der Waals surface area contributed by atoms with Gasteiger partial charge in [-0.05, 0) is 90.9 Å². The number of halogens is 1. The van der Waals surface area contributed by atoms with Crippen molar-refractivity contribution in [2.75, 3.05) is 10.5 Å². The number of rotatable bonds is 10. The number of hydrogen-bond acceptors (Lipinski definition) is 5. The van der Waals surface area contributed by atoms with E-state index in [-0.39, 0.29) is 5.91 Å². The maximum Gasteiger partial charge on any atom is 0.256 e. The molecule has 210 valence electrons. The maximum absolute atomic E-state index is 13.6. The second-order valence-corrected chi connectivity index (χ2v) is 11.8. The summed E-state index contributed by atoms with van der Waals surface area (Å²) in [7, 11) is 0. The van der Waals surface area contributed by atoms with E-state index in [4.69, 9.17) is 21.0 Å². The third-order valence-electron chi connectivity index (χ3n) is 7.35. The molecule has 6 nitrogen and oxygen atoms in total. The van der Waals surface area contributed by atoms with Crippen molar-refractivity contribution in [2.24, 2.45) is 11.0 Å². The van der Waals surface area contributed by atoms with E-state index in [1.807, 2.05) is 67.6 Å². The highest BCUT2D eigenvalue weighted by molar-refractivity contribution is 7.80. The Balaban J connectivity index is 1.33. The van der Waals surface area contributed by atoms with Crippen LogP contribution in [-0.2, 0) is 26.6 Å². The fourth-order valence-electron chi connectivity index (χ4n) is 4.65. The van der Waals surface area contributed by atoms with Gasteiger partial charge in [0.1, 0.15) is 0 Å². The zero-order chi connectivity index (χ0) is 28.9. The molecule has 3 unspecified atom stereocenters. The van der Waals surface area contributed by atoms with E-state index < -0.39 is 17.0 Å². The van der Waals surface area contributed by atoms with Gasteiger partial charge >= 0.3 is 0 Å². The van der Waals surface area contributed by atoms with Crippen molar-refractivity contribution < 1.29 is 13.3 Å². The van der Waals surface area contributed by atoms with E-state index in [1.54, 1.807) is 36.4 Å². The molecular weight excluding hydrogens is 554 g/mol. The molecule has 1 heterocycles. The van der Waals surface area contributed by atoms with Crippen molar-refractivity contribution in [2.45, 2.75) is 44.4 Å². The maximum atomic E-state index is 13.6. The number of benzene rings is 4. The minimum absolute atomic E-state index is 0.109. The first-order chi connectivity index (χ1) is 19.8. The molecule has 0 aromatic heterocycles. The highest BCUT2D eigenvalue weighted by Gasteiger charge is 2.37. The molecule has 0 saturated carbocycles. The van der Waals surface area contributed by atoms with Gasteiger partial charge in [-0.1, -0.05) is 79.5 Å². The Morgan fingerprint density at radius 3 is 2.24 bits per heavy atom. The van der Waals surface area contributed by atoms with Crippen LogP contribution in [0.25, 0.3) is 0 Å². The first-order valence-electron chi connectivity index (χ1n) is 13.6. The highest BCUT2D eigenvalue weighted by atomic mass is 35.5. The lowest BCUT2D eigenvalue weighted by Gasteiger charge is -2.15. The first-order valence-corrected chi connectivity index (χ1v) is 15.1. The largest absolute Gasteiger partial charge is 0.272 e. The van der Waals surface area contributed by atoms with Crippen LogP contribution in [0.2, 0.25) is 5.02 Å². The van der Waals surface area contributed by atoms with E-state index in [0.717, 1.165) is 28.8 Å². The van der Waals surface area contributed by atoms with Gasteiger partial charge in [-0.2, -0.15) is 14.4 Å². The Morgan fingerprint density at radius 2 is 1.61 bits per heavy atom. The van der Waals surface area contributed by atoms with Crippen LogP contribution < -0.4 is 10.5 Å². The topological polar surface area (TPSA) is 71.0 Å². The molecule has 1 aliphatic rings. The van der Waals surface area contributed by atoms with Gasteiger partial charge in [0.2, 0.25) is 11.1 Å². The minimum atomic E-state index is -1.74. The number of nitrogens with one attached hydrogen (secondary N) is 1. The van der Waals surface area contributed by atoms with Crippen LogP contribution in [0.4, 0.5) is 11.4 Å². The van der Waals surface area contributed by atoms with Crippen molar-refractivity contribution in [1.82, 2.24) is 0 Å². The van der Waals surface area contributed by atoms with Crippen molar-refractivity contribution >= 4 is 45.7 Å². The van der Waals surface area contributed by atoms with Crippen LogP contribution in [0.1, 0.15) is 48.4 Å². The number of anilines is 2. The molecule has 0 aliphatic carbocycles. The monoisotopic (exact) mass is 585 g/mol. The minimum Gasteiger partial charge on any atom is -0.272 e. The van der Waals surface area contributed by atoms with Crippen LogP contribution in [0.5, 0.6) is 0 Å². The van der Waals surface area contributed by atoms with Gasteiger partial charge in [0.05, 0.1) is 27.9 Å². The standard InChI is InChI=1S/C33H32ClN3O3S/c1-4-23(3)25-9-15-28(16-10-25)36-40-41(39)30-19-11-26(12-20-30)32-31(21-24-7-5-22(2)6-8-24)33(38)37(35-32)29-17-13-27(34)14-18-29/h5-20,23,31,36H,4,21H2,1-3H3. The van der Waals surface area contributed by atoms with Crippen molar-refractivity contribution in [3.05, 3.63) is 124 Å². The van der Waals surface area contributed by atoms with Crippen molar-refractivity contribution in [3.63, 3.8) is 0 Å². The van der Waals surface area contributed by atoms with E-state index in [9.17, 15) is 9.00 Å². The third kappa shape index (κ3) is 6.76. The SMILES string of the molecule is CCC(C)c1ccc(NOS(=O)c2ccc(C3=NN(c4ccc(Cl)cc4)C(=O)C3Cc3ccc(C)cc3)cc2)cc1. The summed E-state index contributed by atoms with van der Waals surface area (Å²) in [5.41, 5.74) is 9.05. The fourth-order valence-corrected chi connectivity index (χ4v) is 5.40. The molecule has 0 fully saturated rings. The molecule has 4 aromatic carbocycles. The lowest BCUT2D eigenvalue weighted by molar-refractivity contribution is -0.119. The van der Waals surface area contributed by atoms with E-state index in [1.165, 1.54) is 10.6 Å². The zero-order valence-electron chi connectivity index (χ0n) is 23.2. The summed E-state index contributed by atoms with van der Waals surface area (Å²) in [5.74, 6) is -0.101. The van der Waals surface area contributed by atoms with Crippen molar-refractivity contribution in [3.8, 4) is 0 Å². The molecule has 1 amide bonds. The average Bonchev–Trinajstić information content (AvgIpc) is 3.32. The van der Waals surface area contributed by atoms with Crippen LogP contribution in [0.15, 0.2) is 107 Å². The molecule has 0 saturated heterocycles. The second-order valence-electron chi connectivity index (χ2n) is 10.2. The Labute approximate surface area is 248 Å². The number of hydrazone groups is 1. The number of carbonyl (C=O) groups excluding carboxylic acids is 1. The molecule has 4 aromatic rings. The summed E-state index contributed by atoms with van der Waals surface area (Å²) in [6.07, 6.45) is 1.58. The first kappa shape index (κ1) is 28.7. The van der Waals surface area contributed by atoms with Crippen LogP contribution in [-0.4, -0.2) is 15.8 Å². The molecule has 8 heteroatoms. The van der Waals surface area contributed by atoms with Crippen LogP contribution >= 0.6 is 11.6 Å². The summed E-state index contributed by atoms with van der Waals surface area (Å²) in [5, 5.41) is 6.78. The molecule has 5 rings (SSSR count). The van der Waals surface area contributed by atoms with Gasteiger partial charge in [-0.3, -0.25) is 10.3 Å². The van der Waals surface area contributed by atoms with E-state index >= 15 is 0 Å². The normalized spacial score (nSPS) is 16.4. The molecule has 3 atom stereocenters. The van der Waals surface area contributed by atoms with Gasteiger partial charge in [-0.25, -0.2) is 4.21 Å². The Kier molecular flexibility index (Phi) is 8.98. The smallest absolute Gasteiger partial charge is 0.256 e. The van der Waals surface area contributed by atoms with Gasteiger partial charge in [0.25, 0.3) is 5.91 Å². The highest BCUT2D eigenvalue weighted by Crippen LogP contribution is 2.30. The Bertz CT molecular complexity index is 1550. The number of hydrogen-bond donors (Lipinski definition) is 1. The quantitative estimate of drug-likeness (QED) is 0.192. The molecule has 1 N–H and O–H groups in total. The predicted octanol–water partition coefficient (Wildman–Crippen LogP) is 7.84.